The fraction of sp³-hybridized carbons (Fsp3) is 0.0833. The van der Waals surface area contributed by atoms with E-state index in [4.69, 9.17) is 0 Å². The van der Waals surface area contributed by atoms with Crippen LogP contribution in [-0.2, 0) is 0 Å². The SMILES string of the molecule is CSC1=C(SC)SC(=C2SC=C(/C=C/c3ccc4c(c3)C(=O)c3ccccc3C4=O)S2)S1. The predicted octanol–water partition coefficient (Wildman–Crippen LogP) is 8.26. The lowest BCUT2D eigenvalue weighted by molar-refractivity contribution is 0.0979. The van der Waals surface area contributed by atoms with Gasteiger partial charge in [0.1, 0.15) is 0 Å². The van der Waals surface area contributed by atoms with Crippen LogP contribution in [0, 0.1) is 0 Å². The first-order chi connectivity index (χ1) is 15.6. The maximum absolute atomic E-state index is 12.9. The highest BCUT2D eigenvalue weighted by molar-refractivity contribution is 8.42. The van der Waals surface area contributed by atoms with Crippen LogP contribution in [0.3, 0.4) is 0 Å². The number of hydrogen-bond acceptors (Lipinski definition) is 8. The van der Waals surface area contributed by atoms with Gasteiger partial charge < -0.3 is 0 Å². The molecule has 0 saturated carbocycles. The molecule has 0 fully saturated rings. The molecular formula is C24H16O2S6. The third-order valence-electron chi connectivity index (χ3n) is 4.96. The number of carbonyl (C=O) groups is 2. The van der Waals surface area contributed by atoms with Gasteiger partial charge in [0.2, 0.25) is 0 Å². The van der Waals surface area contributed by atoms with Gasteiger partial charge in [-0.1, -0.05) is 83.5 Å². The number of rotatable bonds is 4. The Kier molecular flexibility index (Phi) is 6.79. The highest BCUT2D eigenvalue weighted by Gasteiger charge is 2.29. The van der Waals surface area contributed by atoms with Crippen molar-refractivity contribution in [2.75, 3.05) is 12.5 Å². The number of thioether (sulfide) groups is 6. The summed E-state index contributed by atoms with van der Waals surface area (Å²) in [7, 11) is 0. The maximum Gasteiger partial charge on any atom is 0.194 e. The van der Waals surface area contributed by atoms with E-state index in [0.717, 1.165) is 5.56 Å². The van der Waals surface area contributed by atoms with E-state index < -0.39 is 0 Å². The zero-order valence-corrected chi connectivity index (χ0v) is 21.9. The van der Waals surface area contributed by atoms with Crippen molar-refractivity contribution >= 4 is 88.2 Å². The van der Waals surface area contributed by atoms with Crippen molar-refractivity contribution in [1.82, 2.24) is 0 Å². The van der Waals surface area contributed by atoms with Crippen LogP contribution >= 0.6 is 70.6 Å². The van der Waals surface area contributed by atoms with E-state index in [1.807, 2.05) is 65.3 Å². The Hall–Kier alpha value is -1.16. The first-order valence-corrected chi connectivity index (χ1v) is 15.3. The Morgan fingerprint density at radius 2 is 1.34 bits per heavy atom. The zero-order valence-electron chi connectivity index (χ0n) is 17.0. The van der Waals surface area contributed by atoms with Crippen molar-refractivity contribution in [2.24, 2.45) is 0 Å². The van der Waals surface area contributed by atoms with E-state index in [9.17, 15) is 9.59 Å². The van der Waals surface area contributed by atoms with Crippen LogP contribution < -0.4 is 0 Å². The molecule has 0 bridgehead atoms. The lowest BCUT2D eigenvalue weighted by atomic mass is 9.83. The van der Waals surface area contributed by atoms with Crippen molar-refractivity contribution in [3.05, 3.63) is 104 Å². The van der Waals surface area contributed by atoms with Crippen LogP contribution in [0.15, 0.2) is 75.8 Å². The highest BCUT2D eigenvalue weighted by atomic mass is 32.3. The summed E-state index contributed by atoms with van der Waals surface area (Å²) < 4.78 is 5.43. The normalized spacial score (nSPS) is 18.0. The van der Waals surface area contributed by atoms with Gasteiger partial charge in [-0.2, -0.15) is 0 Å². The van der Waals surface area contributed by atoms with E-state index >= 15 is 0 Å². The van der Waals surface area contributed by atoms with Gasteiger partial charge >= 0.3 is 0 Å². The number of ketones is 2. The molecule has 0 unspecified atom stereocenters. The summed E-state index contributed by atoms with van der Waals surface area (Å²) >= 11 is 10.9. The third kappa shape index (κ3) is 4.21. The first kappa shape index (κ1) is 22.6. The van der Waals surface area contributed by atoms with Crippen molar-refractivity contribution in [3.63, 3.8) is 0 Å². The van der Waals surface area contributed by atoms with E-state index in [-0.39, 0.29) is 11.6 Å². The van der Waals surface area contributed by atoms with Gasteiger partial charge in [-0.25, -0.2) is 0 Å². The summed E-state index contributed by atoms with van der Waals surface area (Å²) in [5, 5.41) is 2.17. The van der Waals surface area contributed by atoms with E-state index in [1.54, 1.807) is 53.9 Å². The van der Waals surface area contributed by atoms with Gasteiger partial charge in [-0.15, -0.1) is 23.5 Å². The monoisotopic (exact) mass is 528 g/mol. The van der Waals surface area contributed by atoms with E-state index in [2.05, 4.69) is 24.0 Å². The summed E-state index contributed by atoms with van der Waals surface area (Å²) in [6.07, 6.45) is 8.35. The van der Waals surface area contributed by atoms with Crippen LogP contribution in [0.1, 0.15) is 37.4 Å². The van der Waals surface area contributed by atoms with Crippen LogP contribution in [0.25, 0.3) is 6.08 Å². The molecule has 1 aliphatic carbocycles. The highest BCUT2D eigenvalue weighted by Crippen LogP contribution is 2.61. The molecule has 0 aromatic heterocycles. The molecule has 2 aromatic carbocycles. The number of fused-ring (bicyclic) bond motifs is 2. The first-order valence-electron chi connectivity index (χ1n) is 9.56. The molecule has 2 nitrogen and oxygen atoms in total. The lowest BCUT2D eigenvalue weighted by Crippen LogP contribution is -2.20. The van der Waals surface area contributed by atoms with Gasteiger partial charge in [-0.05, 0) is 41.7 Å². The molecule has 5 rings (SSSR count). The second-order valence-electron chi connectivity index (χ2n) is 6.84. The Morgan fingerprint density at radius 1 is 0.719 bits per heavy atom. The number of carbonyl (C=O) groups excluding carboxylic acids is 2. The molecule has 160 valence electrons. The molecular weight excluding hydrogens is 513 g/mol. The molecule has 2 aromatic rings. The van der Waals surface area contributed by atoms with Crippen LogP contribution in [0.4, 0.5) is 0 Å². The standard InChI is InChI=1S/C24H16O2S6/c1-27-21-22(28-2)32-24(31-21)23-29-12-14(30-23)9-7-13-8-10-17-18(11-13)20(26)16-6-4-3-5-15(16)19(17)25/h3-12H,1-2H3/b9-7+. The zero-order chi connectivity index (χ0) is 22.2. The van der Waals surface area contributed by atoms with Crippen molar-refractivity contribution in [1.29, 1.82) is 0 Å². The third-order valence-corrected chi connectivity index (χ3v) is 13.1. The lowest BCUT2D eigenvalue weighted by Gasteiger charge is -2.17. The summed E-state index contributed by atoms with van der Waals surface area (Å²) in [4.78, 5) is 26.9. The summed E-state index contributed by atoms with van der Waals surface area (Å²) in [5.74, 6) is -0.165. The van der Waals surface area contributed by atoms with Gasteiger partial charge in [0.25, 0.3) is 0 Å². The van der Waals surface area contributed by atoms with Gasteiger partial charge in [0.15, 0.2) is 11.6 Å². The largest absolute Gasteiger partial charge is 0.289 e. The Balaban J connectivity index is 1.33. The number of hydrogen-bond donors (Lipinski definition) is 0. The Labute approximate surface area is 212 Å². The molecule has 0 saturated heterocycles. The van der Waals surface area contributed by atoms with Crippen molar-refractivity contribution in [3.8, 4) is 0 Å². The summed E-state index contributed by atoms with van der Waals surface area (Å²) in [6.45, 7) is 0. The maximum atomic E-state index is 12.9. The quantitative estimate of drug-likeness (QED) is 0.335. The van der Waals surface area contributed by atoms with Crippen molar-refractivity contribution < 1.29 is 9.59 Å². The van der Waals surface area contributed by atoms with Crippen LogP contribution in [0.2, 0.25) is 0 Å². The average Bonchev–Trinajstić information content (AvgIpc) is 3.47. The number of benzene rings is 2. The smallest absolute Gasteiger partial charge is 0.194 e. The average molecular weight is 529 g/mol. The van der Waals surface area contributed by atoms with Gasteiger partial charge in [0, 0.05) is 27.2 Å². The molecule has 0 amide bonds. The summed E-state index contributed by atoms with van der Waals surface area (Å²) in [5.41, 5.74) is 2.87. The Bertz CT molecular complexity index is 1270. The van der Waals surface area contributed by atoms with E-state index in [1.165, 1.54) is 21.9 Å². The van der Waals surface area contributed by atoms with Gasteiger partial charge in [0.05, 0.1) is 16.9 Å². The fourth-order valence-electron chi connectivity index (χ4n) is 3.43. The molecule has 32 heavy (non-hydrogen) atoms. The summed E-state index contributed by atoms with van der Waals surface area (Å²) in [6, 6.07) is 12.6. The fourth-order valence-corrected chi connectivity index (χ4v) is 10.9. The minimum Gasteiger partial charge on any atom is -0.289 e. The molecule has 2 aliphatic heterocycles. The molecule has 2 heterocycles. The minimum atomic E-state index is -0.0838. The van der Waals surface area contributed by atoms with Gasteiger partial charge in [-0.3, -0.25) is 9.59 Å². The topological polar surface area (TPSA) is 34.1 Å². The van der Waals surface area contributed by atoms with Crippen LogP contribution in [-0.4, -0.2) is 24.1 Å². The molecule has 0 N–H and O–H groups in total. The number of allylic oxidation sites excluding steroid dienone is 1. The predicted molar refractivity (Wildman–Crippen MR) is 148 cm³/mol. The molecule has 3 aliphatic rings. The second kappa shape index (κ2) is 9.60. The Morgan fingerprint density at radius 3 is 2.00 bits per heavy atom. The molecule has 0 radical (unpaired) electrons. The van der Waals surface area contributed by atoms with Crippen LogP contribution in [0.5, 0.6) is 0 Å². The van der Waals surface area contributed by atoms with Crippen molar-refractivity contribution in [2.45, 2.75) is 0 Å². The minimum absolute atomic E-state index is 0.0816. The molecule has 0 atom stereocenters. The molecule has 8 heteroatoms. The van der Waals surface area contributed by atoms with E-state index in [0.29, 0.717) is 22.3 Å². The second-order valence-corrected chi connectivity index (χ2v) is 13.5. The molecule has 0 spiro atoms.